The number of hydrogen-bond donors (Lipinski definition) is 2. The zero-order chi connectivity index (χ0) is 12.6. The summed E-state index contributed by atoms with van der Waals surface area (Å²) in [6.07, 6.45) is 3.61. The van der Waals surface area contributed by atoms with Crippen LogP contribution in [0.1, 0.15) is 40.0 Å². The number of nitrogens with one attached hydrogen (secondary N) is 1. The van der Waals surface area contributed by atoms with Gasteiger partial charge in [-0.1, -0.05) is 6.08 Å². The summed E-state index contributed by atoms with van der Waals surface area (Å²) in [6, 6.07) is -0.0959. The molecular weight excluding hydrogens is 206 g/mol. The van der Waals surface area contributed by atoms with Crippen molar-refractivity contribution in [1.29, 1.82) is 0 Å². The van der Waals surface area contributed by atoms with E-state index < -0.39 is 11.7 Å². The number of hydrogen-bond acceptors (Lipinski definition) is 3. The van der Waals surface area contributed by atoms with Gasteiger partial charge in [0.15, 0.2) is 0 Å². The van der Waals surface area contributed by atoms with Gasteiger partial charge in [-0.15, -0.1) is 6.58 Å². The van der Waals surface area contributed by atoms with E-state index in [-0.39, 0.29) is 12.6 Å². The monoisotopic (exact) mass is 229 g/mol. The van der Waals surface area contributed by atoms with Gasteiger partial charge in [0.25, 0.3) is 0 Å². The third kappa shape index (κ3) is 8.29. The highest BCUT2D eigenvalue weighted by molar-refractivity contribution is 5.68. The first-order chi connectivity index (χ1) is 7.39. The van der Waals surface area contributed by atoms with Crippen molar-refractivity contribution in [1.82, 2.24) is 5.32 Å². The lowest BCUT2D eigenvalue weighted by atomic mass is 10.1. The Morgan fingerprint density at radius 1 is 1.50 bits per heavy atom. The molecule has 0 spiro atoms. The lowest BCUT2D eigenvalue weighted by Gasteiger charge is -2.22. The second kappa shape index (κ2) is 7.28. The Labute approximate surface area is 97.7 Å². The summed E-state index contributed by atoms with van der Waals surface area (Å²) in [5.41, 5.74) is -0.485. The fourth-order valence-electron chi connectivity index (χ4n) is 1.18. The summed E-state index contributed by atoms with van der Waals surface area (Å²) in [5, 5.41) is 11.4. The predicted molar refractivity (Wildman–Crippen MR) is 64.3 cm³/mol. The van der Waals surface area contributed by atoms with Gasteiger partial charge < -0.3 is 15.2 Å². The third-order valence-corrected chi connectivity index (χ3v) is 1.91. The summed E-state index contributed by atoms with van der Waals surface area (Å²) in [7, 11) is 0. The van der Waals surface area contributed by atoms with Crippen molar-refractivity contribution in [2.24, 2.45) is 0 Å². The van der Waals surface area contributed by atoms with Crippen LogP contribution in [0.4, 0.5) is 4.79 Å². The van der Waals surface area contributed by atoms with Crippen molar-refractivity contribution in [2.75, 3.05) is 6.61 Å². The number of amides is 1. The standard InChI is InChI=1S/C12H23NO3/c1-5-10(8-6-7-9-14)13-11(15)16-12(2,3)4/h5,10,14H,1,6-9H2,2-4H3,(H,13,15)/t10-/m1/s1. The molecule has 0 aromatic carbocycles. The van der Waals surface area contributed by atoms with E-state index in [1.54, 1.807) is 6.08 Å². The molecule has 0 fully saturated rings. The first kappa shape index (κ1) is 15.0. The van der Waals surface area contributed by atoms with Gasteiger partial charge >= 0.3 is 6.09 Å². The van der Waals surface area contributed by atoms with Crippen molar-refractivity contribution in [3.8, 4) is 0 Å². The maximum Gasteiger partial charge on any atom is 0.408 e. The molecule has 4 nitrogen and oxygen atoms in total. The summed E-state index contributed by atoms with van der Waals surface area (Å²) < 4.78 is 5.13. The van der Waals surface area contributed by atoms with E-state index in [9.17, 15) is 4.79 Å². The van der Waals surface area contributed by atoms with Gasteiger partial charge in [0.1, 0.15) is 5.60 Å². The first-order valence-electron chi connectivity index (χ1n) is 5.62. The van der Waals surface area contributed by atoms with Crippen LogP contribution in [-0.4, -0.2) is 29.4 Å². The van der Waals surface area contributed by atoms with Crippen LogP contribution in [0.25, 0.3) is 0 Å². The van der Waals surface area contributed by atoms with Gasteiger partial charge in [-0.25, -0.2) is 4.79 Å². The van der Waals surface area contributed by atoms with E-state index in [0.717, 1.165) is 19.3 Å². The maximum absolute atomic E-state index is 11.4. The summed E-state index contributed by atoms with van der Waals surface area (Å²) in [6.45, 7) is 9.30. The number of carbonyl (C=O) groups excluding carboxylic acids is 1. The number of aliphatic hydroxyl groups is 1. The zero-order valence-corrected chi connectivity index (χ0v) is 10.5. The van der Waals surface area contributed by atoms with Crippen molar-refractivity contribution >= 4 is 6.09 Å². The van der Waals surface area contributed by atoms with Crippen LogP contribution in [0.5, 0.6) is 0 Å². The van der Waals surface area contributed by atoms with E-state index in [0.29, 0.717) is 0 Å². The Bertz CT molecular complexity index is 221. The minimum Gasteiger partial charge on any atom is -0.444 e. The number of carbonyl (C=O) groups is 1. The van der Waals surface area contributed by atoms with Gasteiger partial charge in [-0.2, -0.15) is 0 Å². The molecule has 16 heavy (non-hydrogen) atoms. The number of rotatable bonds is 6. The predicted octanol–water partition coefficient (Wildman–Crippen LogP) is 2.23. The molecule has 2 N–H and O–H groups in total. The number of aliphatic hydroxyl groups excluding tert-OH is 1. The summed E-state index contributed by atoms with van der Waals surface area (Å²) >= 11 is 0. The van der Waals surface area contributed by atoms with Crippen LogP contribution >= 0.6 is 0 Å². The van der Waals surface area contributed by atoms with Crippen LogP contribution in [0.15, 0.2) is 12.7 Å². The van der Waals surface area contributed by atoms with E-state index in [2.05, 4.69) is 11.9 Å². The highest BCUT2D eigenvalue weighted by Gasteiger charge is 2.17. The fourth-order valence-corrected chi connectivity index (χ4v) is 1.18. The molecule has 1 atom stereocenters. The van der Waals surface area contributed by atoms with Crippen molar-refractivity contribution < 1.29 is 14.6 Å². The van der Waals surface area contributed by atoms with Crippen LogP contribution in [-0.2, 0) is 4.74 Å². The van der Waals surface area contributed by atoms with E-state index in [1.807, 2.05) is 20.8 Å². The molecule has 0 aromatic rings. The quantitative estimate of drug-likeness (QED) is 0.542. The largest absolute Gasteiger partial charge is 0.444 e. The molecule has 0 aliphatic heterocycles. The average Bonchev–Trinajstić information content (AvgIpc) is 2.13. The molecule has 0 heterocycles. The Balaban J connectivity index is 3.92. The number of unbranched alkanes of at least 4 members (excludes halogenated alkanes) is 1. The normalized spacial score (nSPS) is 13.0. The van der Waals surface area contributed by atoms with E-state index in [4.69, 9.17) is 9.84 Å². The molecule has 0 rings (SSSR count). The summed E-state index contributed by atoms with van der Waals surface area (Å²) in [5.74, 6) is 0. The molecule has 0 unspecified atom stereocenters. The molecule has 0 saturated carbocycles. The Morgan fingerprint density at radius 3 is 2.56 bits per heavy atom. The molecule has 0 saturated heterocycles. The highest BCUT2D eigenvalue weighted by Crippen LogP contribution is 2.08. The van der Waals surface area contributed by atoms with Crippen molar-refractivity contribution in [3.63, 3.8) is 0 Å². The SMILES string of the molecule is C=C[C@H](CCCCO)NC(=O)OC(C)(C)C. The first-order valence-corrected chi connectivity index (χ1v) is 5.62. The molecule has 0 radical (unpaired) electrons. The average molecular weight is 229 g/mol. The van der Waals surface area contributed by atoms with Gasteiger partial charge in [-0.05, 0) is 40.0 Å². The van der Waals surface area contributed by atoms with E-state index in [1.165, 1.54) is 0 Å². The molecule has 0 aliphatic rings. The Hall–Kier alpha value is -1.03. The van der Waals surface area contributed by atoms with Crippen molar-refractivity contribution in [2.45, 2.75) is 51.7 Å². The second-order valence-electron chi connectivity index (χ2n) is 4.71. The van der Waals surface area contributed by atoms with Crippen LogP contribution < -0.4 is 5.32 Å². The van der Waals surface area contributed by atoms with Crippen LogP contribution in [0.2, 0.25) is 0 Å². The highest BCUT2D eigenvalue weighted by atomic mass is 16.6. The van der Waals surface area contributed by atoms with Gasteiger partial charge in [0.2, 0.25) is 0 Å². The molecule has 1 amide bonds. The zero-order valence-electron chi connectivity index (χ0n) is 10.5. The molecular formula is C12H23NO3. The molecule has 0 bridgehead atoms. The molecule has 0 aliphatic carbocycles. The maximum atomic E-state index is 11.4. The second-order valence-corrected chi connectivity index (χ2v) is 4.71. The number of alkyl carbamates (subject to hydrolysis) is 1. The van der Waals surface area contributed by atoms with Crippen molar-refractivity contribution in [3.05, 3.63) is 12.7 Å². The third-order valence-electron chi connectivity index (χ3n) is 1.91. The number of ether oxygens (including phenoxy) is 1. The van der Waals surface area contributed by atoms with Gasteiger partial charge in [0.05, 0.1) is 6.04 Å². The lowest BCUT2D eigenvalue weighted by molar-refractivity contribution is 0.0512. The lowest BCUT2D eigenvalue weighted by Crippen LogP contribution is -2.38. The molecule has 0 aromatic heterocycles. The Morgan fingerprint density at radius 2 is 2.12 bits per heavy atom. The van der Waals surface area contributed by atoms with Gasteiger partial charge in [-0.3, -0.25) is 0 Å². The van der Waals surface area contributed by atoms with Gasteiger partial charge in [0, 0.05) is 6.61 Å². The van der Waals surface area contributed by atoms with Crippen LogP contribution in [0, 0.1) is 0 Å². The van der Waals surface area contributed by atoms with E-state index >= 15 is 0 Å². The molecule has 4 heteroatoms. The van der Waals surface area contributed by atoms with Crippen LogP contribution in [0.3, 0.4) is 0 Å². The minimum absolute atomic E-state index is 0.0959. The summed E-state index contributed by atoms with van der Waals surface area (Å²) in [4.78, 5) is 11.4. The minimum atomic E-state index is -0.485. The molecule has 94 valence electrons. The topological polar surface area (TPSA) is 58.6 Å². The fraction of sp³-hybridized carbons (Fsp3) is 0.750. The Kier molecular flexibility index (Phi) is 6.81. The smallest absolute Gasteiger partial charge is 0.408 e.